The van der Waals surface area contributed by atoms with Crippen molar-refractivity contribution in [3.8, 4) is 0 Å². The van der Waals surface area contributed by atoms with E-state index in [1.807, 2.05) is 0 Å². The third-order valence-electron chi connectivity index (χ3n) is 4.22. The molecule has 0 saturated carbocycles. The van der Waals surface area contributed by atoms with Crippen molar-refractivity contribution in [1.29, 1.82) is 0 Å². The molecule has 0 aliphatic carbocycles. The van der Waals surface area contributed by atoms with Crippen molar-refractivity contribution in [2.45, 2.75) is 26.4 Å². The number of hydrogen-bond acceptors (Lipinski definition) is 1. The molecule has 0 aromatic heterocycles. The highest BCUT2D eigenvalue weighted by Gasteiger charge is 2.13. The van der Waals surface area contributed by atoms with Crippen LogP contribution in [0.3, 0.4) is 0 Å². The maximum Gasteiger partial charge on any atom is 0.269 e. The van der Waals surface area contributed by atoms with Gasteiger partial charge in [0, 0.05) is 5.60 Å². The molecule has 0 saturated heterocycles. The molecule has 2 radical (unpaired) electrons. The van der Waals surface area contributed by atoms with Gasteiger partial charge in [-0.1, -0.05) is 66.7 Å². The summed E-state index contributed by atoms with van der Waals surface area (Å²) in [6.07, 6.45) is 0. The van der Waals surface area contributed by atoms with Crippen molar-refractivity contribution in [3.63, 3.8) is 0 Å². The average molecular weight is 328 g/mol. The Morgan fingerprint density at radius 1 is 0.625 bits per heavy atom. The molecule has 4 rings (SSSR count). The van der Waals surface area contributed by atoms with Crippen LogP contribution in [0.5, 0.6) is 0 Å². The van der Waals surface area contributed by atoms with E-state index in [2.05, 4.69) is 87.5 Å². The second-order valence-electron chi connectivity index (χ2n) is 7.17. The van der Waals surface area contributed by atoms with E-state index < -0.39 is 0 Å². The van der Waals surface area contributed by atoms with E-state index in [9.17, 15) is 0 Å². The summed E-state index contributed by atoms with van der Waals surface area (Å²) < 4.78 is 5.99. The van der Waals surface area contributed by atoms with Gasteiger partial charge >= 0.3 is 0 Å². The van der Waals surface area contributed by atoms with E-state index in [0.717, 1.165) is 0 Å². The fourth-order valence-corrected chi connectivity index (χ4v) is 3.96. The molecule has 0 bridgehead atoms. The number of fused-ring (bicyclic) bond motifs is 6. The lowest BCUT2D eigenvalue weighted by Gasteiger charge is -2.19. The second-order valence-corrected chi connectivity index (χ2v) is 8.15. The van der Waals surface area contributed by atoms with Gasteiger partial charge in [0.1, 0.15) is 0 Å². The predicted octanol–water partition coefficient (Wildman–Crippen LogP) is 5.21. The number of benzene rings is 4. The van der Waals surface area contributed by atoms with E-state index in [1.54, 1.807) is 0 Å². The van der Waals surface area contributed by atoms with Crippen molar-refractivity contribution in [2.75, 3.05) is 0 Å². The Labute approximate surface area is 145 Å². The third-order valence-corrected chi connectivity index (χ3v) is 5.48. The van der Waals surface area contributed by atoms with Gasteiger partial charge in [-0.25, -0.2) is 0 Å². The third kappa shape index (κ3) is 2.72. The fourth-order valence-electron chi connectivity index (χ4n) is 3.18. The summed E-state index contributed by atoms with van der Waals surface area (Å²) in [6.45, 7) is 6.30. The van der Waals surface area contributed by atoms with Gasteiger partial charge in [-0.05, 0) is 58.3 Å². The highest BCUT2D eigenvalue weighted by atomic mass is 28.2. The zero-order valence-corrected chi connectivity index (χ0v) is 15.3. The van der Waals surface area contributed by atoms with Crippen LogP contribution in [0, 0.1) is 0 Å². The molecule has 1 nitrogen and oxygen atoms in total. The number of hydrogen-bond donors (Lipinski definition) is 0. The molecule has 0 amide bonds. The first-order valence-electron chi connectivity index (χ1n) is 8.30. The Hall–Kier alpha value is -2.16. The molecule has 0 unspecified atom stereocenters. The molecule has 0 fully saturated rings. The molecular weight excluding hydrogens is 308 g/mol. The minimum atomic E-state index is -0.112. The van der Waals surface area contributed by atoms with Gasteiger partial charge in [-0.3, -0.25) is 0 Å². The molecule has 0 N–H and O–H groups in total. The fraction of sp³-hybridized carbons (Fsp3) is 0.182. The van der Waals surface area contributed by atoms with Crippen LogP contribution < -0.4 is 5.19 Å². The highest BCUT2D eigenvalue weighted by Crippen LogP contribution is 2.34. The maximum absolute atomic E-state index is 5.99. The van der Waals surface area contributed by atoms with Crippen LogP contribution in [0.2, 0.25) is 0 Å². The topological polar surface area (TPSA) is 9.23 Å². The first-order valence-corrected chi connectivity index (χ1v) is 9.21. The van der Waals surface area contributed by atoms with Gasteiger partial charge in [0.15, 0.2) is 0 Å². The smallest absolute Gasteiger partial charge is 0.269 e. The van der Waals surface area contributed by atoms with Gasteiger partial charge in [0.05, 0.1) is 0 Å². The summed E-state index contributed by atoms with van der Waals surface area (Å²) in [7, 11) is 0.367. The SMILES string of the molecule is CC(C)(C)O[Si]c1ccc2c3ccccc3c3ccccc3c2c1. The van der Waals surface area contributed by atoms with E-state index in [4.69, 9.17) is 4.43 Å². The molecule has 24 heavy (non-hydrogen) atoms. The quantitative estimate of drug-likeness (QED) is 0.363. The second kappa shape index (κ2) is 5.73. The first kappa shape index (κ1) is 15.4. The molecule has 0 heterocycles. The minimum Gasteiger partial charge on any atom is -0.407 e. The van der Waals surface area contributed by atoms with Crippen LogP contribution >= 0.6 is 0 Å². The Kier molecular flexibility index (Phi) is 3.67. The van der Waals surface area contributed by atoms with Crippen molar-refractivity contribution in [1.82, 2.24) is 0 Å². The molecule has 118 valence electrons. The van der Waals surface area contributed by atoms with Crippen LogP contribution in [0.1, 0.15) is 20.8 Å². The zero-order valence-electron chi connectivity index (χ0n) is 14.3. The Morgan fingerprint density at radius 2 is 1.08 bits per heavy atom. The summed E-state index contributed by atoms with van der Waals surface area (Å²) >= 11 is 0. The molecule has 0 aliphatic rings. The predicted molar refractivity (Wildman–Crippen MR) is 105 cm³/mol. The Morgan fingerprint density at radius 3 is 1.58 bits per heavy atom. The summed E-state index contributed by atoms with van der Waals surface area (Å²) in [5, 5.41) is 9.14. The monoisotopic (exact) mass is 328 g/mol. The summed E-state index contributed by atoms with van der Waals surface area (Å²) in [5.41, 5.74) is -0.112. The van der Waals surface area contributed by atoms with Gasteiger partial charge in [0.25, 0.3) is 9.76 Å². The van der Waals surface area contributed by atoms with Gasteiger partial charge in [-0.2, -0.15) is 0 Å². The van der Waals surface area contributed by atoms with Crippen molar-refractivity contribution >= 4 is 47.3 Å². The normalized spacial score (nSPS) is 12.3. The van der Waals surface area contributed by atoms with Crippen molar-refractivity contribution < 1.29 is 4.43 Å². The van der Waals surface area contributed by atoms with Gasteiger partial charge in [0.2, 0.25) is 0 Å². The van der Waals surface area contributed by atoms with E-state index in [1.165, 1.54) is 37.5 Å². The average Bonchev–Trinajstić information content (AvgIpc) is 2.59. The summed E-state index contributed by atoms with van der Waals surface area (Å²) in [5.74, 6) is 0. The van der Waals surface area contributed by atoms with Crippen molar-refractivity contribution in [3.05, 3.63) is 66.7 Å². The number of rotatable bonds is 2. The Balaban J connectivity index is 1.99. The molecule has 4 aromatic carbocycles. The summed E-state index contributed by atoms with van der Waals surface area (Å²) in [4.78, 5) is 0. The largest absolute Gasteiger partial charge is 0.407 e. The zero-order chi connectivity index (χ0) is 16.7. The van der Waals surface area contributed by atoms with E-state index >= 15 is 0 Å². The molecule has 0 spiro atoms. The molecule has 2 heteroatoms. The standard InChI is InChI=1S/C22H20OSi/c1-22(2,3)23-24-15-12-13-20-18-10-5-4-8-16(18)17-9-6-7-11-19(17)21(20)14-15/h4-14H,1-3H3. The molecule has 0 atom stereocenters. The van der Waals surface area contributed by atoms with Crippen LogP contribution in [-0.2, 0) is 4.43 Å². The molecular formula is C22H20OSi. The lowest BCUT2D eigenvalue weighted by atomic mass is 9.94. The lowest BCUT2D eigenvalue weighted by Crippen LogP contribution is -2.28. The highest BCUT2D eigenvalue weighted by molar-refractivity contribution is 6.48. The molecule has 0 aliphatic heterocycles. The van der Waals surface area contributed by atoms with Crippen molar-refractivity contribution in [2.24, 2.45) is 0 Å². The first-order chi connectivity index (χ1) is 11.5. The Bertz CT molecular complexity index is 1010. The lowest BCUT2D eigenvalue weighted by molar-refractivity contribution is 0.142. The maximum atomic E-state index is 5.99. The van der Waals surface area contributed by atoms with Crippen LogP contribution in [0.15, 0.2) is 66.7 Å². The van der Waals surface area contributed by atoms with Gasteiger partial charge in [-0.15, -0.1) is 0 Å². The van der Waals surface area contributed by atoms with Crippen LogP contribution in [-0.4, -0.2) is 15.4 Å². The van der Waals surface area contributed by atoms with Crippen LogP contribution in [0.25, 0.3) is 32.3 Å². The molecule has 4 aromatic rings. The van der Waals surface area contributed by atoms with E-state index in [-0.39, 0.29) is 5.60 Å². The summed E-state index contributed by atoms with van der Waals surface area (Å²) in [6, 6.07) is 24.1. The van der Waals surface area contributed by atoms with Crippen LogP contribution in [0.4, 0.5) is 0 Å². The minimum absolute atomic E-state index is 0.112. The van der Waals surface area contributed by atoms with E-state index in [0.29, 0.717) is 9.76 Å². The van der Waals surface area contributed by atoms with Gasteiger partial charge < -0.3 is 4.43 Å².